The van der Waals surface area contributed by atoms with Crippen molar-refractivity contribution in [3.63, 3.8) is 0 Å². The number of hydrogen-bond acceptors (Lipinski definition) is 3. The lowest BCUT2D eigenvalue weighted by Gasteiger charge is -2.29. The number of halogens is 2. The number of piperazine rings is 1. The number of carbonyl (C=O) groups excluding carboxylic acids is 1. The van der Waals surface area contributed by atoms with Gasteiger partial charge < -0.3 is 15.1 Å². The first kappa shape index (κ1) is 13.3. The molecule has 0 aromatic rings. The Balaban J connectivity index is 0.000000165. The second-order valence-corrected chi connectivity index (χ2v) is 4.23. The number of alkyl halides is 2. The highest BCUT2D eigenvalue weighted by Crippen LogP contribution is 2.19. The Kier molecular flexibility index (Phi) is 5.08. The van der Waals surface area contributed by atoms with E-state index in [9.17, 15) is 13.6 Å². The van der Waals surface area contributed by atoms with Crippen molar-refractivity contribution in [2.45, 2.75) is 12.3 Å². The van der Waals surface area contributed by atoms with E-state index in [1.807, 2.05) is 0 Å². The van der Waals surface area contributed by atoms with Crippen molar-refractivity contribution in [3.8, 4) is 0 Å². The van der Waals surface area contributed by atoms with Crippen LogP contribution >= 0.6 is 0 Å². The molecule has 0 bridgehead atoms. The molecule has 0 unspecified atom stereocenters. The highest BCUT2D eigenvalue weighted by atomic mass is 19.3. The number of amides is 1. The standard InChI is InChI=1S/C6H12N2O.C4H7F2N/c1-7-2-4-8(6-9)5-3-7;5-4(6)1-2-7-3-4/h6H,2-5H2,1H3;7H,1-3H2. The first-order chi connectivity index (χ1) is 7.53. The summed E-state index contributed by atoms with van der Waals surface area (Å²) < 4.78 is 23.8. The SMILES string of the molecule is CN1CCN(C=O)CC1.FC1(F)CCNC1. The fourth-order valence-corrected chi connectivity index (χ4v) is 1.56. The second-order valence-electron chi connectivity index (χ2n) is 4.23. The third kappa shape index (κ3) is 4.85. The van der Waals surface area contributed by atoms with E-state index < -0.39 is 5.92 Å². The number of carbonyl (C=O) groups is 1. The van der Waals surface area contributed by atoms with Gasteiger partial charge in [0.05, 0.1) is 6.54 Å². The van der Waals surface area contributed by atoms with Gasteiger partial charge in [0.15, 0.2) is 0 Å². The lowest BCUT2D eigenvalue weighted by molar-refractivity contribution is -0.119. The summed E-state index contributed by atoms with van der Waals surface area (Å²) in [4.78, 5) is 14.2. The Hall–Kier alpha value is -0.750. The van der Waals surface area contributed by atoms with Crippen LogP contribution in [-0.2, 0) is 4.79 Å². The van der Waals surface area contributed by atoms with Crippen LogP contribution in [0.4, 0.5) is 8.78 Å². The first-order valence-corrected chi connectivity index (χ1v) is 5.50. The molecule has 0 spiro atoms. The highest BCUT2D eigenvalue weighted by molar-refractivity contribution is 5.47. The molecule has 0 aliphatic carbocycles. The zero-order chi connectivity index (χ0) is 12.0. The number of likely N-dealkylation sites (N-methyl/N-ethyl adjacent to an activating group) is 1. The molecule has 2 aliphatic rings. The summed E-state index contributed by atoms with van der Waals surface area (Å²) in [7, 11) is 2.07. The van der Waals surface area contributed by atoms with Gasteiger partial charge in [0.2, 0.25) is 6.41 Å². The van der Waals surface area contributed by atoms with Crippen molar-refractivity contribution in [1.82, 2.24) is 15.1 Å². The summed E-state index contributed by atoms with van der Waals surface area (Å²) in [6.45, 7) is 4.14. The van der Waals surface area contributed by atoms with Gasteiger partial charge in [0, 0.05) is 39.1 Å². The van der Waals surface area contributed by atoms with Crippen molar-refractivity contribution in [1.29, 1.82) is 0 Å². The van der Waals surface area contributed by atoms with Gasteiger partial charge in [-0.25, -0.2) is 8.78 Å². The van der Waals surface area contributed by atoms with E-state index in [1.54, 1.807) is 4.90 Å². The Morgan fingerprint density at radius 2 is 1.88 bits per heavy atom. The van der Waals surface area contributed by atoms with E-state index >= 15 is 0 Å². The third-order valence-corrected chi connectivity index (χ3v) is 2.74. The van der Waals surface area contributed by atoms with Crippen LogP contribution in [-0.4, -0.2) is 68.4 Å². The molecular weight excluding hydrogens is 216 g/mol. The van der Waals surface area contributed by atoms with Gasteiger partial charge in [-0.3, -0.25) is 4.79 Å². The normalized spacial score (nSPS) is 24.8. The molecule has 2 heterocycles. The molecular formula is C10H19F2N3O. The number of nitrogens with one attached hydrogen (secondary N) is 1. The summed E-state index contributed by atoms with van der Waals surface area (Å²) in [5, 5.41) is 2.56. The molecule has 4 nitrogen and oxygen atoms in total. The van der Waals surface area contributed by atoms with Gasteiger partial charge in [0.1, 0.15) is 0 Å². The second kappa shape index (κ2) is 6.10. The molecule has 2 rings (SSSR count). The van der Waals surface area contributed by atoms with Gasteiger partial charge in [-0.15, -0.1) is 0 Å². The third-order valence-electron chi connectivity index (χ3n) is 2.74. The quantitative estimate of drug-likeness (QED) is 0.650. The summed E-state index contributed by atoms with van der Waals surface area (Å²) in [6, 6.07) is 0. The van der Waals surface area contributed by atoms with Crippen molar-refractivity contribution in [2.75, 3.05) is 46.3 Å². The smallest absolute Gasteiger partial charge is 0.261 e. The average Bonchev–Trinajstić information content (AvgIpc) is 2.65. The molecule has 0 aromatic heterocycles. The van der Waals surface area contributed by atoms with E-state index in [2.05, 4.69) is 17.3 Å². The van der Waals surface area contributed by atoms with Crippen molar-refractivity contribution < 1.29 is 13.6 Å². The summed E-state index contributed by atoms with van der Waals surface area (Å²) in [6.07, 6.45) is 0.931. The Bertz CT molecular complexity index is 210. The maximum Gasteiger partial charge on any atom is 0.261 e. The van der Waals surface area contributed by atoms with Crippen LogP contribution in [0.2, 0.25) is 0 Å². The minimum Gasteiger partial charge on any atom is -0.343 e. The van der Waals surface area contributed by atoms with Crippen LogP contribution in [0.5, 0.6) is 0 Å². The van der Waals surface area contributed by atoms with Crippen molar-refractivity contribution >= 4 is 6.41 Å². The lowest BCUT2D eigenvalue weighted by Crippen LogP contribution is -2.43. The predicted octanol–water partition coefficient (Wildman–Crippen LogP) is 0.00520. The van der Waals surface area contributed by atoms with Gasteiger partial charge in [-0.2, -0.15) is 0 Å². The predicted molar refractivity (Wildman–Crippen MR) is 57.6 cm³/mol. The average molecular weight is 235 g/mol. The number of hydrogen-bond donors (Lipinski definition) is 1. The molecule has 6 heteroatoms. The van der Waals surface area contributed by atoms with Gasteiger partial charge in [0.25, 0.3) is 5.92 Å². The molecule has 2 fully saturated rings. The van der Waals surface area contributed by atoms with Crippen LogP contribution in [0.3, 0.4) is 0 Å². The molecule has 0 saturated carbocycles. The lowest BCUT2D eigenvalue weighted by atomic mass is 10.3. The highest BCUT2D eigenvalue weighted by Gasteiger charge is 2.32. The molecule has 1 amide bonds. The maximum atomic E-state index is 11.9. The molecule has 94 valence electrons. The Labute approximate surface area is 94.6 Å². The molecule has 2 aliphatic heterocycles. The minimum absolute atomic E-state index is 0.00694. The Morgan fingerprint density at radius 1 is 1.25 bits per heavy atom. The number of rotatable bonds is 1. The zero-order valence-corrected chi connectivity index (χ0v) is 9.59. The summed E-state index contributed by atoms with van der Waals surface area (Å²) in [5.74, 6) is -2.42. The van der Waals surface area contributed by atoms with Crippen LogP contribution in [0.15, 0.2) is 0 Å². The molecule has 0 atom stereocenters. The molecule has 0 radical (unpaired) electrons. The zero-order valence-electron chi connectivity index (χ0n) is 9.59. The molecule has 2 saturated heterocycles. The molecule has 16 heavy (non-hydrogen) atoms. The van der Waals surface area contributed by atoms with Crippen LogP contribution in [0.25, 0.3) is 0 Å². The van der Waals surface area contributed by atoms with Crippen molar-refractivity contribution in [3.05, 3.63) is 0 Å². The van der Waals surface area contributed by atoms with Crippen LogP contribution in [0.1, 0.15) is 6.42 Å². The van der Waals surface area contributed by atoms with Crippen LogP contribution in [0, 0.1) is 0 Å². The number of nitrogens with zero attached hydrogens (tertiary/aromatic N) is 2. The van der Waals surface area contributed by atoms with E-state index in [-0.39, 0.29) is 13.0 Å². The van der Waals surface area contributed by atoms with Gasteiger partial charge >= 0.3 is 0 Å². The Morgan fingerprint density at radius 3 is 2.19 bits per heavy atom. The van der Waals surface area contributed by atoms with Crippen molar-refractivity contribution in [2.24, 2.45) is 0 Å². The fraction of sp³-hybridized carbons (Fsp3) is 0.900. The maximum absolute atomic E-state index is 11.9. The van der Waals surface area contributed by atoms with E-state index in [1.165, 1.54) is 0 Å². The van der Waals surface area contributed by atoms with Gasteiger partial charge in [-0.1, -0.05) is 0 Å². The summed E-state index contributed by atoms with van der Waals surface area (Å²) >= 11 is 0. The molecule has 1 N–H and O–H groups in total. The topological polar surface area (TPSA) is 35.6 Å². The van der Waals surface area contributed by atoms with E-state index in [0.29, 0.717) is 6.54 Å². The van der Waals surface area contributed by atoms with E-state index in [4.69, 9.17) is 0 Å². The van der Waals surface area contributed by atoms with Gasteiger partial charge in [-0.05, 0) is 7.05 Å². The summed E-state index contributed by atoms with van der Waals surface area (Å²) in [5.41, 5.74) is 0. The largest absolute Gasteiger partial charge is 0.343 e. The monoisotopic (exact) mass is 235 g/mol. The minimum atomic E-state index is -2.42. The van der Waals surface area contributed by atoms with E-state index in [0.717, 1.165) is 32.6 Å². The van der Waals surface area contributed by atoms with Crippen LogP contribution < -0.4 is 5.32 Å². The first-order valence-electron chi connectivity index (χ1n) is 5.50. The molecule has 0 aromatic carbocycles. The fourth-order valence-electron chi connectivity index (χ4n) is 1.56.